The SMILES string of the molecule is O=C(COc1ccc(Cl)cc1)Nc1nnc(-c2ccc3c(c2)OCO3)o1. The van der Waals surface area contributed by atoms with Gasteiger partial charge in [0.2, 0.25) is 12.7 Å². The maximum Gasteiger partial charge on any atom is 0.322 e. The predicted octanol–water partition coefficient (Wildman–Crippen LogP) is 3.14. The van der Waals surface area contributed by atoms with Crippen LogP contribution in [0, 0.1) is 0 Å². The first-order chi connectivity index (χ1) is 12.7. The molecule has 0 fully saturated rings. The lowest BCUT2D eigenvalue weighted by Gasteiger charge is -2.05. The fourth-order valence-corrected chi connectivity index (χ4v) is 2.38. The van der Waals surface area contributed by atoms with Crippen molar-refractivity contribution < 1.29 is 23.4 Å². The molecule has 2 aromatic carbocycles. The third-order valence-corrected chi connectivity index (χ3v) is 3.73. The number of hydrogen-bond acceptors (Lipinski definition) is 7. The number of rotatable bonds is 5. The second-order valence-corrected chi connectivity index (χ2v) is 5.71. The summed E-state index contributed by atoms with van der Waals surface area (Å²) in [6, 6.07) is 11.9. The Kier molecular flexibility index (Phi) is 4.32. The summed E-state index contributed by atoms with van der Waals surface area (Å²) in [6.45, 7) is -0.0269. The zero-order valence-electron chi connectivity index (χ0n) is 13.3. The molecule has 1 aliphatic heterocycles. The fraction of sp³-hybridized carbons (Fsp3) is 0.118. The van der Waals surface area contributed by atoms with Crippen LogP contribution in [0.25, 0.3) is 11.5 Å². The van der Waals surface area contributed by atoms with Crippen molar-refractivity contribution in [1.82, 2.24) is 10.2 Å². The number of ether oxygens (including phenoxy) is 3. The molecule has 3 aromatic rings. The lowest BCUT2D eigenvalue weighted by Crippen LogP contribution is -2.20. The zero-order chi connectivity index (χ0) is 17.9. The molecule has 0 unspecified atom stereocenters. The normalized spacial score (nSPS) is 12.0. The highest BCUT2D eigenvalue weighted by atomic mass is 35.5. The third-order valence-electron chi connectivity index (χ3n) is 3.47. The van der Waals surface area contributed by atoms with Gasteiger partial charge in [0.15, 0.2) is 18.1 Å². The lowest BCUT2D eigenvalue weighted by molar-refractivity contribution is -0.118. The summed E-state index contributed by atoms with van der Waals surface area (Å²) in [5, 5.41) is 10.8. The summed E-state index contributed by atoms with van der Waals surface area (Å²) in [5.74, 6) is 1.60. The topological polar surface area (TPSA) is 95.7 Å². The van der Waals surface area contributed by atoms with Crippen LogP contribution in [0.4, 0.5) is 6.01 Å². The highest BCUT2D eigenvalue weighted by Crippen LogP contribution is 2.35. The maximum atomic E-state index is 11.9. The minimum atomic E-state index is -0.430. The summed E-state index contributed by atoms with van der Waals surface area (Å²) in [5.41, 5.74) is 0.652. The van der Waals surface area contributed by atoms with Crippen molar-refractivity contribution in [2.75, 3.05) is 18.7 Å². The van der Waals surface area contributed by atoms with E-state index >= 15 is 0 Å². The molecule has 0 saturated heterocycles. The average molecular weight is 374 g/mol. The van der Waals surface area contributed by atoms with Crippen molar-refractivity contribution in [3.05, 3.63) is 47.5 Å². The van der Waals surface area contributed by atoms with Gasteiger partial charge in [0.05, 0.1) is 0 Å². The van der Waals surface area contributed by atoms with Crippen LogP contribution in [0.1, 0.15) is 0 Å². The summed E-state index contributed by atoms with van der Waals surface area (Å²) in [7, 11) is 0. The smallest absolute Gasteiger partial charge is 0.322 e. The van der Waals surface area contributed by atoms with Gasteiger partial charge < -0.3 is 18.6 Å². The van der Waals surface area contributed by atoms with Crippen LogP contribution in [-0.2, 0) is 4.79 Å². The molecule has 0 saturated carbocycles. The Morgan fingerprint density at radius 1 is 1.12 bits per heavy atom. The molecule has 2 heterocycles. The summed E-state index contributed by atoms with van der Waals surface area (Å²) in [6.07, 6.45) is 0. The van der Waals surface area contributed by atoms with Gasteiger partial charge in [-0.3, -0.25) is 10.1 Å². The molecular formula is C17H12ClN3O5. The third kappa shape index (κ3) is 3.55. The van der Waals surface area contributed by atoms with Crippen LogP contribution in [0.2, 0.25) is 5.02 Å². The molecule has 0 atom stereocenters. The number of fused-ring (bicyclic) bond motifs is 1. The van der Waals surface area contributed by atoms with E-state index in [1.807, 2.05) is 0 Å². The van der Waals surface area contributed by atoms with Gasteiger partial charge in [0.1, 0.15) is 5.75 Å². The van der Waals surface area contributed by atoms with E-state index < -0.39 is 5.91 Å². The first-order valence-corrected chi connectivity index (χ1v) is 7.97. The van der Waals surface area contributed by atoms with E-state index in [9.17, 15) is 4.79 Å². The van der Waals surface area contributed by atoms with Crippen LogP contribution in [0.5, 0.6) is 17.2 Å². The number of benzene rings is 2. The molecular weight excluding hydrogens is 362 g/mol. The minimum absolute atomic E-state index is 0.0256. The number of aromatic nitrogens is 2. The Labute approximate surface area is 152 Å². The molecule has 0 bridgehead atoms. The van der Waals surface area contributed by atoms with Gasteiger partial charge in [-0.25, -0.2) is 0 Å². The van der Waals surface area contributed by atoms with Crippen LogP contribution in [0.3, 0.4) is 0 Å². The Hall–Kier alpha value is -3.26. The molecule has 1 aliphatic rings. The summed E-state index contributed by atoms with van der Waals surface area (Å²) >= 11 is 5.79. The predicted molar refractivity (Wildman–Crippen MR) is 91.4 cm³/mol. The number of hydrogen-bond donors (Lipinski definition) is 1. The van der Waals surface area contributed by atoms with E-state index in [1.54, 1.807) is 42.5 Å². The van der Waals surface area contributed by atoms with E-state index in [-0.39, 0.29) is 25.3 Å². The van der Waals surface area contributed by atoms with Crippen molar-refractivity contribution in [2.45, 2.75) is 0 Å². The molecule has 4 rings (SSSR count). The van der Waals surface area contributed by atoms with Gasteiger partial charge >= 0.3 is 6.01 Å². The molecule has 1 amide bonds. The van der Waals surface area contributed by atoms with Gasteiger partial charge in [-0.15, -0.1) is 5.10 Å². The monoisotopic (exact) mass is 373 g/mol. The van der Waals surface area contributed by atoms with Crippen molar-refractivity contribution in [3.8, 4) is 28.7 Å². The van der Waals surface area contributed by atoms with Crippen LogP contribution in [0.15, 0.2) is 46.9 Å². The quantitative estimate of drug-likeness (QED) is 0.733. The molecule has 1 aromatic heterocycles. The molecule has 9 heteroatoms. The lowest BCUT2D eigenvalue weighted by atomic mass is 10.2. The number of nitrogens with zero attached hydrogens (tertiary/aromatic N) is 2. The van der Waals surface area contributed by atoms with E-state index in [0.29, 0.717) is 27.8 Å². The molecule has 1 N–H and O–H groups in total. The fourth-order valence-electron chi connectivity index (χ4n) is 2.26. The number of nitrogens with one attached hydrogen (secondary N) is 1. The van der Waals surface area contributed by atoms with Gasteiger partial charge in [0.25, 0.3) is 5.91 Å². The minimum Gasteiger partial charge on any atom is -0.484 e. The molecule has 132 valence electrons. The first kappa shape index (κ1) is 16.2. The highest BCUT2D eigenvalue weighted by molar-refractivity contribution is 6.30. The van der Waals surface area contributed by atoms with Crippen LogP contribution >= 0.6 is 11.6 Å². The summed E-state index contributed by atoms with van der Waals surface area (Å²) in [4.78, 5) is 11.9. The van der Waals surface area contributed by atoms with Gasteiger partial charge in [-0.2, -0.15) is 0 Å². The number of amides is 1. The number of halogens is 1. The Bertz CT molecular complexity index is 942. The second-order valence-electron chi connectivity index (χ2n) is 5.27. The van der Waals surface area contributed by atoms with Crippen LogP contribution in [-0.4, -0.2) is 29.5 Å². The van der Waals surface area contributed by atoms with Gasteiger partial charge in [-0.1, -0.05) is 16.7 Å². The number of carbonyl (C=O) groups excluding carboxylic acids is 1. The van der Waals surface area contributed by atoms with E-state index in [0.717, 1.165) is 0 Å². The second kappa shape index (κ2) is 6.93. The van der Waals surface area contributed by atoms with Crippen molar-refractivity contribution in [1.29, 1.82) is 0 Å². The zero-order valence-corrected chi connectivity index (χ0v) is 14.0. The Morgan fingerprint density at radius 2 is 1.92 bits per heavy atom. The van der Waals surface area contributed by atoms with Crippen molar-refractivity contribution in [2.24, 2.45) is 0 Å². The number of anilines is 1. The van der Waals surface area contributed by atoms with E-state index in [4.69, 9.17) is 30.2 Å². The Morgan fingerprint density at radius 3 is 2.77 bits per heavy atom. The summed E-state index contributed by atoms with van der Waals surface area (Å²) < 4.78 is 21.3. The van der Waals surface area contributed by atoms with Gasteiger partial charge in [0, 0.05) is 10.6 Å². The van der Waals surface area contributed by atoms with E-state index in [2.05, 4.69) is 15.5 Å². The average Bonchev–Trinajstić information content (AvgIpc) is 3.29. The highest BCUT2D eigenvalue weighted by Gasteiger charge is 2.17. The largest absolute Gasteiger partial charge is 0.484 e. The van der Waals surface area contributed by atoms with E-state index in [1.165, 1.54) is 0 Å². The van der Waals surface area contributed by atoms with Crippen molar-refractivity contribution in [3.63, 3.8) is 0 Å². The van der Waals surface area contributed by atoms with Crippen molar-refractivity contribution >= 4 is 23.5 Å². The standard InChI is InChI=1S/C17H12ClN3O5/c18-11-2-4-12(5-3-11)23-8-15(22)19-17-21-20-16(26-17)10-1-6-13-14(7-10)25-9-24-13/h1-7H,8-9H2,(H,19,21,22). The van der Waals surface area contributed by atoms with Gasteiger partial charge in [-0.05, 0) is 42.5 Å². The Balaban J connectivity index is 1.37. The first-order valence-electron chi connectivity index (χ1n) is 7.59. The maximum absolute atomic E-state index is 11.9. The molecule has 0 spiro atoms. The number of carbonyl (C=O) groups is 1. The molecule has 0 radical (unpaired) electrons. The molecule has 8 nitrogen and oxygen atoms in total. The molecule has 0 aliphatic carbocycles. The van der Waals surface area contributed by atoms with Crippen LogP contribution < -0.4 is 19.5 Å². The molecule has 26 heavy (non-hydrogen) atoms.